The maximum atomic E-state index is 13.9. The lowest BCUT2D eigenvalue weighted by Crippen LogP contribution is -2.16. The Morgan fingerprint density at radius 1 is 1.17 bits per heavy atom. The van der Waals surface area contributed by atoms with Gasteiger partial charge in [-0.2, -0.15) is 0 Å². The third-order valence-corrected chi connectivity index (χ3v) is 5.26. The summed E-state index contributed by atoms with van der Waals surface area (Å²) in [7, 11) is 0. The van der Waals surface area contributed by atoms with Crippen LogP contribution in [0, 0.1) is 5.82 Å². The zero-order valence-electron chi connectivity index (χ0n) is 12.3. The van der Waals surface area contributed by atoms with Gasteiger partial charge in [-0.1, -0.05) is 17.7 Å². The highest BCUT2D eigenvalue weighted by Crippen LogP contribution is 2.38. The molecule has 122 valence electrons. The summed E-state index contributed by atoms with van der Waals surface area (Å²) in [6, 6.07) is 9.78. The van der Waals surface area contributed by atoms with Gasteiger partial charge in [0.15, 0.2) is 11.5 Å². The molecule has 0 atom stereocenters. The number of ether oxygens (including phenoxy) is 2. The lowest BCUT2D eigenvalue weighted by Gasteiger charge is -2.18. The number of rotatable bonds is 2. The number of nitrogens with one attached hydrogen (secondary N) is 1. The number of carbonyl (C=O) groups is 1. The summed E-state index contributed by atoms with van der Waals surface area (Å²) in [6.07, 6.45) is 0. The second-order valence-corrected chi connectivity index (χ2v) is 6.60. The second kappa shape index (κ2) is 5.96. The zero-order chi connectivity index (χ0) is 16.7. The number of thiophene rings is 1. The first kappa shape index (κ1) is 15.2. The number of hydrogen-bond donors (Lipinski definition) is 1. The van der Waals surface area contributed by atoms with Crippen LogP contribution in [0.4, 0.5) is 10.1 Å². The van der Waals surface area contributed by atoms with Gasteiger partial charge in [-0.25, -0.2) is 4.39 Å². The minimum atomic E-state index is -0.438. The van der Waals surface area contributed by atoms with Crippen molar-refractivity contribution in [2.45, 2.75) is 0 Å². The van der Waals surface area contributed by atoms with E-state index >= 15 is 0 Å². The highest BCUT2D eigenvalue weighted by atomic mass is 35.5. The molecule has 4 rings (SSSR count). The normalized spacial score (nSPS) is 13.1. The van der Waals surface area contributed by atoms with Crippen molar-refractivity contribution in [3.63, 3.8) is 0 Å². The molecule has 0 spiro atoms. The first-order valence-corrected chi connectivity index (χ1v) is 8.40. The first-order chi connectivity index (χ1) is 11.6. The van der Waals surface area contributed by atoms with Crippen LogP contribution < -0.4 is 14.8 Å². The van der Waals surface area contributed by atoms with Crippen molar-refractivity contribution < 1.29 is 18.7 Å². The predicted octanol–water partition coefficient (Wildman–Crippen LogP) is 4.72. The fourth-order valence-electron chi connectivity index (χ4n) is 2.53. The van der Waals surface area contributed by atoms with Gasteiger partial charge in [0.1, 0.15) is 23.9 Å². The van der Waals surface area contributed by atoms with Crippen LogP contribution in [0.3, 0.4) is 0 Å². The molecular formula is C17H11ClFNO3S. The molecule has 0 saturated heterocycles. The summed E-state index contributed by atoms with van der Waals surface area (Å²) in [5, 5.41) is 3.16. The molecule has 4 nitrogen and oxygen atoms in total. The first-order valence-electron chi connectivity index (χ1n) is 7.21. The highest BCUT2D eigenvalue weighted by Gasteiger charge is 2.20. The fraction of sp³-hybridized carbons (Fsp3) is 0.118. The monoisotopic (exact) mass is 363 g/mol. The van der Waals surface area contributed by atoms with E-state index in [0.717, 1.165) is 11.3 Å². The van der Waals surface area contributed by atoms with Crippen molar-refractivity contribution in [2.75, 3.05) is 18.5 Å². The van der Waals surface area contributed by atoms with E-state index in [-0.39, 0.29) is 15.3 Å². The molecule has 0 bridgehead atoms. The Hall–Kier alpha value is -2.31. The van der Waals surface area contributed by atoms with Gasteiger partial charge in [0, 0.05) is 21.8 Å². The van der Waals surface area contributed by atoms with Gasteiger partial charge < -0.3 is 14.8 Å². The van der Waals surface area contributed by atoms with Gasteiger partial charge in [0.25, 0.3) is 5.91 Å². The minimum absolute atomic E-state index is 0.128. The van der Waals surface area contributed by atoms with Gasteiger partial charge in [0.05, 0.1) is 5.02 Å². The smallest absolute Gasteiger partial charge is 0.267 e. The van der Waals surface area contributed by atoms with Gasteiger partial charge >= 0.3 is 0 Å². The van der Waals surface area contributed by atoms with Crippen LogP contribution in [0.15, 0.2) is 36.4 Å². The van der Waals surface area contributed by atoms with E-state index in [1.54, 1.807) is 30.3 Å². The van der Waals surface area contributed by atoms with E-state index in [1.165, 1.54) is 6.07 Å². The average Bonchev–Trinajstić information content (AvgIpc) is 2.93. The molecule has 2 aromatic carbocycles. The van der Waals surface area contributed by atoms with Gasteiger partial charge in [0.2, 0.25) is 0 Å². The molecule has 24 heavy (non-hydrogen) atoms. The summed E-state index contributed by atoms with van der Waals surface area (Å²) >= 11 is 7.36. The lowest BCUT2D eigenvalue weighted by atomic mass is 10.2. The zero-order valence-corrected chi connectivity index (χ0v) is 13.8. The number of amides is 1. The Morgan fingerprint density at radius 3 is 2.75 bits per heavy atom. The molecule has 0 unspecified atom stereocenters. The molecule has 3 aromatic rings. The Morgan fingerprint density at radius 2 is 1.96 bits per heavy atom. The molecule has 1 aliphatic heterocycles. The molecule has 1 amide bonds. The van der Waals surface area contributed by atoms with Crippen molar-refractivity contribution in [2.24, 2.45) is 0 Å². The van der Waals surface area contributed by atoms with Crippen LogP contribution in [-0.2, 0) is 0 Å². The number of carbonyl (C=O) groups excluding carboxylic acids is 1. The molecular weight excluding hydrogens is 353 g/mol. The van der Waals surface area contributed by atoms with E-state index in [1.807, 2.05) is 0 Å². The fourth-order valence-corrected chi connectivity index (χ4v) is 3.98. The van der Waals surface area contributed by atoms with Crippen LogP contribution in [0.2, 0.25) is 5.02 Å². The Labute approximate surface area is 145 Å². The van der Waals surface area contributed by atoms with E-state index in [2.05, 4.69) is 5.32 Å². The van der Waals surface area contributed by atoms with Gasteiger partial charge in [-0.15, -0.1) is 11.3 Å². The molecule has 0 aliphatic carbocycles. The standard InChI is InChI=1S/C17H11ClFNO3S/c18-15-14-10(19)2-1-3-13(14)24-16(15)17(21)20-9-4-5-11-12(8-9)23-7-6-22-11/h1-5,8H,6-7H2,(H,20,21). The summed E-state index contributed by atoms with van der Waals surface area (Å²) in [6.45, 7) is 0.966. The summed E-state index contributed by atoms with van der Waals surface area (Å²) in [5.41, 5.74) is 0.554. The number of benzene rings is 2. The number of halogens is 2. The maximum Gasteiger partial charge on any atom is 0.267 e. The van der Waals surface area contributed by atoms with Gasteiger partial charge in [-0.05, 0) is 24.3 Å². The second-order valence-electron chi connectivity index (χ2n) is 5.17. The molecule has 0 radical (unpaired) electrons. The highest BCUT2D eigenvalue weighted by molar-refractivity contribution is 7.21. The molecule has 1 aliphatic rings. The van der Waals surface area contributed by atoms with Crippen molar-refractivity contribution in [1.29, 1.82) is 0 Å². The van der Waals surface area contributed by atoms with E-state index in [9.17, 15) is 9.18 Å². The van der Waals surface area contributed by atoms with Crippen molar-refractivity contribution in [3.05, 3.63) is 52.1 Å². The van der Waals surface area contributed by atoms with Crippen LogP contribution in [-0.4, -0.2) is 19.1 Å². The quantitative estimate of drug-likeness (QED) is 0.716. The maximum absolute atomic E-state index is 13.9. The molecule has 7 heteroatoms. The van der Waals surface area contributed by atoms with Crippen molar-refractivity contribution >= 4 is 44.6 Å². The summed E-state index contributed by atoms with van der Waals surface area (Å²) in [5.74, 6) is 0.387. The Kier molecular flexibility index (Phi) is 3.78. The van der Waals surface area contributed by atoms with Gasteiger partial charge in [-0.3, -0.25) is 4.79 Å². The summed E-state index contributed by atoms with van der Waals surface area (Å²) < 4.78 is 25.5. The van der Waals surface area contributed by atoms with Crippen LogP contribution in [0.25, 0.3) is 10.1 Å². The van der Waals surface area contributed by atoms with Crippen LogP contribution in [0.1, 0.15) is 9.67 Å². The largest absolute Gasteiger partial charge is 0.486 e. The number of fused-ring (bicyclic) bond motifs is 2. The van der Waals surface area contributed by atoms with E-state index < -0.39 is 11.7 Å². The van der Waals surface area contributed by atoms with Crippen molar-refractivity contribution in [3.8, 4) is 11.5 Å². The van der Waals surface area contributed by atoms with Crippen molar-refractivity contribution in [1.82, 2.24) is 0 Å². The van der Waals surface area contributed by atoms with E-state index in [4.69, 9.17) is 21.1 Å². The third-order valence-electron chi connectivity index (χ3n) is 3.61. The predicted molar refractivity (Wildman–Crippen MR) is 92.2 cm³/mol. The number of anilines is 1. The van der Waals surface area contributed by atoms with E-state index in [0.29, 0.717) is 35.1 Å². The molecule has 0 saturated carbocycles. The van der Waals surface area contributed by atoms with Crippen LogP contribution in [0.5, 0.6) is 11.5 Å². The lowest BCUT2D eigenvalue weighted by molar-refractivity contribution is 0.103. The topological polar surface area (TPSA) is 47.6 Å². The molecule has 2 heterocycles. The molecule has 1 N–H and O–H groups in total. The average molecular weight is 364 g/mol. The van der Waals surface area contributed by atoms with Crippen LogP contribution >= 0.6 is 22.9 Å². The minimum Gasteiger partial charge on any atom is -0.486 e. The Bertz CT molecular complexity index is 956. The Balaban J connectivity index is 1.65. The summed E-state index contributed by atoms with van der Waals surface area (Å²) in [4.78, 5) is 12.8. The SMILES string of the molecule is O=C(Nc1ccc2c(c1)OCCO2)c1sc2cccc(F)c2c1Cl. The number of hydrogen-bond acceptors (Lipinski definition) is 4. The molecule has 1 aromatic heterocycles. The third kappa shape index (κ3) is 2.57. The molecule has 0 fully saturated rings.